The van der Waals surface area contributed by atoms with Crippen molar-refractivity contribution < 1.29 is 4.74 Å². The van der Waals surface area contributed by atoms with Gasteiger partial charge in [0.15, 0.2) is 0 Å². The molecule has 0 saturated carbocycles. The van der Waals surface area contributed by atoms with Crippen LogP contribution in [0.4, 0.5) is 0 Å². The largest absolute Gasteiger partial charge is 0.497 e. The van der Waals surface area contributed by atoms with Crippen LogP contribution in [0.15, 0.2) is 61.2 Å². The first-order valence-corrected chi connectivity index (χ1v) is 6.81. The fraction of sp³-hybridized carbons (Fsp3) is 0.222. The molecule has 2 N–H and O–H groups in total. The predicted octanol–water partition coefficient (Wildman–Crippen LogP) is 3.86. The Morgan fingerprint density at radius 1 is 1.20 bits per heavy atom. The fourth-order valence-corrected chi connectivity index (χ4v) is 2.37. The van der Waals surface area contributed by atoms with E-state index >= 15 is 0 Å². The Bertz CT molecular complexity index is 577. The lowest BCUT2D eigenvalue weighted by molar-refractivity contribution is 0.414. The van der Waals surface area contributed by atoms with Gasteiger partial charge in [0.2, 0.25) is 0 Å². The molecule has 20 heavy (non-hydrogen) atoms. The van der Waals surface area contributed by atoms with Gasteiger partial charge < -0.3 is 10.5 Å². The van der Waals surface area contributed by atoms with E-state index in [1.165, 1.54) is 16.7 Å². The predicted molar refractivity (Wildman–Crippen MR) is 84.0 cm³/mol. The Balaban J connectivity index is 2.26. The minimum atomic E-state index is 0.00862. The van der Waals surface area contributed by atoms with Gasteiger partial charge in [0.25, 0.3) is 0 Å². The number of hydrogen-bond donors (Lipinski definition) is 1. The quantitative estimate of drug-likeness (QED) is 0.807. The lowest BCUT2D eigenvalue weighted by Gasteiger charge is -2.15. The summed E-state index contributed by atoms with van der Waals surface area (Å²) in [6, 6.07) is 16.5. The van der Waals surface area contributed by atoms with Crippen molar-refractivity contribution in [1.29, 1.82) is 0 Å². The average Bonchev–Trinajstić information content (AvgIpc) is 2.48. The number of ether oxygens (including phenoxy) is 1. The molecular formula is C18H21NO. The van der Waals surface area contributed by atoms with Gasteiger partial charge in [-0.25, -0.2) is 0 Å². The van der Waals surface area contributed by atoms with E-state index in [0.717, 1.165) is 18.6 Å². The van der Waals surface area contributed by atoms with Crippen molar-refractivity contribution in [2.75, 3.05) is 7.11 Å². The number of methoxy groups -OCH3 is 1. The van der Waals surface area contributed by atoms with Crippen LogP contribution in [0.2, 0.25) is 0 Å². The normalized spacial score (nSPS) is 11.9. The molecule has 2 nitrogen and oxygen atoms in total. The molecule has 0 saturated heterocycles. The van der Waals surface area contributed by atoms with Gasteiger partial charge in [0.1, 0.15) is 5.75 Å². The van der Waals surface area contributed by atoms with E-state index in [4.69, 9.17) is 10.5 Å². The molecule has 0 amide bonds. The zero-order chi connectivity index (χ0) is 14.4. The molecule has 1 atom stereocenters. The number of nitrogens with two attached hydrogens (primary N) is 1. The van der Waals surface area contributed by atoms with Gasteiger partial charge in [0, 0.05) is 6.04 Å². The van der Waals surface area contributed by atoms with E-state index in [9.17, 15) is 0 Å². The number of rotatable bonds is 6. The molecule has 0 aromatic heterocycles. The Hall–Kier alpha value is -2.06. The Morgan fingerprint density at radius 3 is 2.75 bits per heavy atom. The van der Waals surface area contributed by atoms with Gasteiger partial charge in [-0.3, -0.25) is 0 Å². The fourth-order valence-electron chi connectivity index (χ4n) is 2.37. The summed E-state index contributed by atoms with van der Waals surface area (Å²) in [6.07, 6.45) is 3.51. The molecule has 2 aromatic carbocycles. The molecule has 0 heterocycles. The van der Waals surface area contributed by atoms with E-state index in [1.54, 1.807) is 7.11 Å². The van der Waals surface area contributed by atoms with Gasteiger partial charge in [-0.15, -0.1) is 6.58 Å². The van der Waals surface area contributed by atoms with Crippen LogP contribution in [0.25, 0.3) is 0 Å². The third-order valence-corrected chi connectivity index (χ3v) is 3.40. The molecule has 0 bridgehead atoms. The summed E-state index contributed by atoms with van der Waals surface area (Å²) < 4.78 is 5.27. The van der Waals surface area contributed by atoms with Crippen molar-refractivity contribution in [2.24, 2.45) is 5.73 Å². The third kappa shape index (κ3) is 3.49. The maximum Gasteiger partial charge on any atom is 0.119 e. The first-order valence-electron chi connectivity index (χ1n) is 6.81. The summed E-state index contributed by atoms with van der Waals surface area (Å²) >= 11 is 0. The van der Waals surface area contributed by atoms with Gasteiger partial charge in [-0.05, 0) is 41.7 Å². The van der Waals surface area contributed by atoms with Crippen molar-refractivity contribution in [2.45, 2.75) is 18.9 Å². The van der Waals surface area contributed by atoms with Gasteiger partial charge in [-0.1, -0.05) is 42.5 Å². The second kappa shape index (κ2) is 6.92. The standard InChI is InChI=1S/C18H21NO/c1-3-7-18(19)17-11-5-4-9-15(17)12-14-8-6-10-16(13-14)20-2/h3-6,8-11,13,18H,1,7,12,19H2,2H3. The highest BCUT2D eigenvalue weighted by Gasteiger charge is 2.10. The van der Waals surface area contributed by atoms with Gasteiger partial charge in [0.05, 0.1) is 7.11 Å². The highest BCUT2D eigenvalue weighted by atomic mass is 16.5. The van der Waals surface area contributed by atoms with Crippen molar-refractivity contribution in [3.63, 3.8) is 0 Å². The highest BCUT2D eigenvalue weighted by Crippen LogP contribution is 2.23. The van der Waals surface area contributed by atoms with E-state index in [1.807, 2.05) is 24.3 Å². The van der Waals surface area contributed by atoms with E-state index in [-0.39, 0.29) is 6.04 Å². The maximum atomic E-state index is 6.22. The summed E-state index contributed by atoms with van der Waals surface area (Å²) in [5.74, 6) is 0.885. The summed E-state index contributed by atoms with van der Waals surface area (Å²) in [6.45, 7) is 3.77. The highest BCUT2D eigenvalue weighted by molar-refractivity contribution is 5.37. The lowest BCUT2D eigenvalue weighted by atomic mass is 9.94. The SMILES string of the molecule is C=CCC(N)c1ccccc1Cc1cccc(OC)c1. The van der Waals surface area contributed by atoms with Crippen LogP contribution in [0.1, 0.15) is 29.2 Å². The van der Waals surface area contributed by atoms with Crippen molar-refractivity contribution in [3.8, 4) is 5.75 Å². The molecular weight excluding hydrogens is 246 g/mol. The molecule has 104 valence electrons. The summed E-state index contributed by atoms with van der Waals surface area (Å²) in [7, 11) is 1.69. The average molecular weight is 267 g/mol. The number of benzene rings is 2. The Labute approximate surface area is 120 Å². The summed E-state index contributed by atoms with van der Waals surface area (Å²) in [5, 5.41) is 0. The molecule has 2 aromatic rings. The van der Waals surface area contributed by atoms with Crippen LogP contribution in [0.5, 0.6) is 5.75 Å². The third-order valence-electron chi connectivity index (χ3n) is 3.40. The Kier molecular flexibility index (Phi) is 4.97. The maximum absolute atomic E-state index is 6.22. The van der Waals surface area contributed by atoms with E-state index in [0.29, 0.717) is 0 Å². The van der Waals surface area contributed by atoms with Crippen LogP contribution in [-0.2, 0) is 6.42 Å². The van der Waals surface area contributed by atoms with E-state index in [2.05, 4.69) is 36.9 Å². The zero-order valence-electron chi connectivity index (χ0n) is 11.9. The summed E-state index contributed by atoms with van der Waals surface area (Å²) in [4.78, 5) is 0. The van der Waals surface area contributed by atoms with Crippen LogP contribution in [0.3, 0.4) is 0 Å². The molecule has 0 fully saturated rings. The van der Waals surface area contributed by atoms with Crippen LogP contribution in [0, 0.1) is 0 Å². The minimum absolute atomic E-state index is 0.00862. The smallest absolute Gasteiger partial charge is 0.119 e. The zero-order valence-corrected chi connectivity index (χ0v) is 11.9. The first-order chi connectivity index (χ1) is 9.74. The van der Waals surface area contributed by atoms with Crippen molar-refractivity contribution in [1.82, 2.24) is 0 Å². The molecule has 2 rings (SSSR count). The molecule has 0 spiro atoms. The van der Waals surface area contributed by atoms with Crippen LogP contribution in [-0.4, -0.2) is 7.11 Å². The van der Waals surface area contributed by atoms with Crippen LogP contribution >= 0.6 is 0 Å². The van der Waals surface area contributed by atoms with Crippen molar-refractivity contribution in [3.05, 3.63) is 77.9 Å². The number of hydrogen-bond acceptors (Lipinski definition) is 2. The molecule has 0 aliphatic rings. The molecule has 0 radical (unpaired) electrons. The topological polar surface area (TPSA) is 35.2 Å². The second-order valence-electron chi connectivity index (χ2n) is 4.86. The summed E-state index contributed by atoms with van der Waals surface area (Å²) in [5.41, 5.74) is 9.89. The van der Waals surface area contributed by atoms with Gasteiger partial charge >= 0.3 is 0 Å². The molecule has 0 aliphatic carbocycles. The monoisotopic (exact) mass is 267 g/mol. The minimum Gasteiger partial charge on any atom is -0.497 e. The lowest BCUT2D eigenvalue weighted by Crippen LogP contribution is -2.11. The first kappa shape index (κ1) is 14.4. The van der Waals surface area contributed by atoms with Crippen LogP contribution < -0.4 is 10.5 Å². The van der Waals surface area contributed by atoms with Crippen molar-refractivity contribution >= 4 is 0 Å². The molecule has 1 unspecified atom stereocenters. The Morgan fingerprint density at radius 2 is 2.00 bits per heavy atom. The van der Waals surface area contributed by atoms with E-state index < -0.39 is 0 Å². The molecule has 2 heteroatoms. The molecule has 0 aliphatic heterocycles. The van der Waals surface area contributed by atoms with Gasteiger partial charge in [-0.2, -0.15) is 0 Å². The second-order valence-corrected chi connectivity index (χ2v) is 4.86.